The fourth-order valence-electron chi connectivity index (χ4n) is 5.47. The molecular weight excluding hydrogens is 548 g/mol. The van der Waals surface area contributed by atoms with Gasteiger partial charge in [-0.25, -0.2) is 8.42 Å². The van der Waals surface area contributed by atoms with Crippen LogP contribution >= 0.6 is 11.6 Å². The van der Waals surface area contributed by atoms with E-state index in [-0.39, 0.29) is 35.6 Å². The van der Waals surface area contributed by atoms with Crippen LogP contribution in [0.1, 0.15) is 41.0 Å². The second-order valence-electron chi connectivity index (χ2n) is 10.6. The standard InChI is InChI=1S/C30H35ClN4O4S/c1-21-4-7-24(8-5-21)9-11-28-29(23(3)32-39-28)40(37,38)35-14-12-25(13-15-35)30(36)34-18-16-33(17-19-34)27-20-26(31)10-6-22(27)2/h4-11,20,25H,12-19H2,1-3H3. The summed E-state index contributed by atoms with van der Waals surface area (Å²) in [7, 11) is -3.83. The number of piperidine rings is 1. The van der Waals surface area contributed by atoms with Crippen LogP contribution in [0.5, 0.6) is 0 Å². The molecule has 0 aliphatic carbocycles. The number of amides is 1. The van der Waals surface area contributed by atoms with E-state index in [1.54, 1.807) is 13.0 Å². The molecule has 0 spiro atoms. The highest BCUT2D eigenvalue weighted by molar-refractivity contribution is 7.89. The number of hydrogen-bond donors (Lipinski definition) is 0. The van der Waals surface area contributed by atoms with E-state index in [0.29, 0.717) is 36.6 Å². The second kappa shape index (κ2) is 11.8. The van der Waals surface area contributed by atoms with Gasteiger partial charge in [-0.3, -0.25) is 4.79 Å². The molecule has 2 fully saturated rings. The lowest BCUT2D eigenvalue weighted by Gasteiger charge is -2.39. The normalized spacial score (nSPS) is 17.6. The van der Waals surface area contributed by atoms with E-state index in [0.717, 1.165) is 35.5 Å². The highest BCUT2D eigenvalue weighted by Gasteiger charge is 2.37. The molecule has 2 saturated heterocycles. The third kappa shape index (κ3) is 5.96. The molecule has 1 aromatic heterocycles. The van der Waals surface area contributed by atoms with E-state index in [1.165, 1.54) is 4.31 Å². The fourth-order valence-corrected chi connectivity index (χ4v) is 7.36. The number of aryl methyl sites for hydroxylation is 3. The molecule has 2 aromatic carbocycles. The summed E-state index contributed by atoms with van der Waals surface area (Å²) in [4.78, 5) is 17.6. The quantitative estimate of drug-likeness (QED) is 0.398. The molecule has 0 atom stereocenters. The summed E-state index contributed by atoms with van der Waals surface area (Å²) in [6.07, 6.45) is 4.45. The average Bonchev–Trinajstić information content (AvgIpc) is 3.34. The van der Waals surface area contributed by atoms with E-state index >= 15 is 0 Å². The van der Waals surface area contributed by atoms with Gasteiger partial charge in [0.15, 0.2) is 10.7 Å². The highest BCUT2D eigenvalue weighted by Crippen LogP contribution is 2.31. The third-order valence-corrected chi connectivity index (χ3v) is 10.1. The zero-order valence-corrected chi connectivity index (χ0v) is 24.7. The number of carbonyl (C=O) groups excluding carboxylic acids is 1. The summed E-state index contributed by atoms with van der Waals surface area (Å²) < 4.78 is 34.1. The van der Waals surface area contributed by atoms with E-state index in [1.807, 2.05) is 60.4 Å². The van der Waals surface area contributed by atoms with Crippen molar-refractivity contribution in [2.45, 2.75) is 38.5 Å². The van der Waals surface area contributed by atoms with Crippen molar-refractivity contribution in [1.29, 1.82) is 0 Å². The maximum Gasteiger partial charge on any atom is 0.248 e. The minimum Gasteiger partial charge on any atom is -0.368 e. The number of anilines is 1. The third-order valence-electron chi connectivity index (χ3n) is 7.84. The van der Waals surface area contributed by atoms with E-state index in [9.17, 15) is 13.2 Å². The van der Waals surface area contributed by atoms with E-state index < -0.39 is 10.0 Å². The van der Waals surface area contributed by atoms with Crippen molar-refractivity contribution in [2.75, 3.05) is 44.2 Å². The van der Waals surface area contributed by atoms with E-state index in [2.05, 4.69) is 17.0 Å². The Morgan fingerprint density at radius 3 is 2.30 bits per heavy atom. The first-order valence-electron chi connectivity index (χ1n) is 13.6. The van der Waals surface area contributed by atoms with Crippen LogP contribution in [-0.2, 0) is 14.8 Å². The van der Waals surface area contributed by atoms with Gasteiger partial charge in [-0.05, 0) is 62.9 Å². The van der Waals surface area contributed by atoms with Gasteiger partial charge in [-0.2, -0.15) is 4.31 Å². The molecule has 0 unspecified atom stereocenters. The van der Waals surface area contributed by atoms with Crippen molar-refractivity contribution in [3.05, 3.63) is 75.6 Å². The topological polar surface area (TPSA) is 87.0 Å². The number of nitrogens with zero attached hydrogens (tertiary/aromatic N) is 4. The number of carbonyl (C=O) groups is 1. The lowest BCUT2D eigenvalue weighted by molar-refractivity contribution is -0.137. The van der Waals surface area contributed by atoms with E-state index in [4.69, 9.17) is 16.1 Å². The second-order valence-corrected chi connectivity index (χ2v) is 12.9. The molecule has 5 rings (SSSR count). The maximum atomic E-state index is 13.6. The zero-order chi connectivity index (χ0) is 28.4. The predicted octanol–water partition coefficient (Wildman–Crippen LogP) is 5.17. The Labute approximate surface area is 241 Å². The summed E-state index contributed by atoms with van der Waals surface area (Å²) in [6, 6.07) is 13.8. The molecule has 3 aromatic rings. The van der Waals surface area contributed by atoms with Gasteiger partial charge in [0.1, 0.15) is 5.69 Å². The number of rotatable bonds is 6. The Balaban J connectivity index is 1.20. The number of piperazine rings is 1. The largest absolute Gasteiger partial charge is 0.368 e. The molecule has 0 radical (unpaired) electrons. The SMILES string of the molecule is Cc1ccc(C=Cc2onc(C)c2S(=O)(=O)N2CCC(C(=O)N3CCN(c4cc(Cl)ccc4C)CC3)CC2)cc1. The number of hydrogen-bond acceptors (Lipinski definition) is 6. The van der Waals surface area contributed by atoms with Crippen LogP contribution in [0.4, 0.5) is 5.69 Å². The molecule has 3 heterocycles. The van der Waals surface area contributed by atoms with Crippen LogP contribution in [0.25, 0.3) is 12.2 Å². The molecule has 1 amide bonds. The van der Waals surface area contributed by atoms with Crippen molar-refractivity contribution in [1.82, 2.24) is 14.4 Å². The van der Waals surface area contributed by atoms with Crippen LogP contribution in [0.2, 0.25) is 5.02 Å². The van der Waals surface area contributed by atoms with Crippen LogP contribution in [0.3, 0.4) is 0 Å². The smallest absolute Gasteiger partial charge is 0.248 e. The molecule has 0 saturated carbocycles. The number of halogens is 1. The average molecular weight is 583 g/mol. The van der Waals surface area contributed by atoms with Crippen LogP contribution in [-0.4, -0.2) is 68.0 Å². The first-order valence-corrected chi connectivity index (χ1v) is 15.5. The van der Waals surface area contributed by atoms with Crippen molar-refractivity contribution >= 4 is 45.4 Å². The lowest BCUT2D eigenvalue weighted by atomic mass is 9.96. The Hall–Kier alpha value is -3.14. The molecular formula is C30H35ClN4O4S. The predicted molar refractivity (Wildman–Crippen MR) is 158 cm³/mol. The van der Waals surface area contributed by atoms with Crippen molar-refractivity contribution in [2.24, 2.45) is 5.92 Å². The Morgan fingerprint density at radius 2 is 1.62 bits per heavy atom. The van der Waals surface area contributed by atoms with Crippen molar-refractivity contribution in [3.8, 4) is 0 Å². The number of aromatic nitrogens is 1. The van der Waals surface area contributed by atoms with Gasteiger partial charge in [-0.1, -0.05) is 58.7 Å². The molecule has 0 bridgehead atoms. The Kier molecular flexibility index (Phi) is 8.35. The fraction of sp³-hybridized carbons (Fsp3) is 0.400. The van der Waals surface area contributed by atoms with Crippen LogP contribution < -0.4 is 4.90 Å². The molecule has 212 valence electrons. The van der Waals surface area contributed by atoms with Gasteiger partial charge in [-0.15, -0.1) is 0 Å². The monoisotopic (exact) mass is 582 g/mol. The summed E-state index contributed by atoms with van der Waals surface area (Å²) in [5.74, 6) is 0.141. The van der Waals surface area contributed by atoms with Gasteiger partial charge in [0.05, 0.1) is 0 Å². The molecule has 8 nitrogen and oxygen atoms in total. The summed E-state index contributed by atoms with van der Waals surface area (Å²) in [6.45, 7) is 9.05. The Bertz CT molecular complexity index is 1500. The van der Waals surface area contributed by atoms with Crippen molar-refractivity contribution in [3.63, 3.8) is 0 Å². The Morgan fingerprint density at radius 1 is 0.950 bits per heavy atom. The first-order chi connectivity index (χ1) is 19.1. The number of benzene rings is 2. The summed E-state index contributed by atoms with van der Waals surface area (Å²) >= 11 is 6.21. The van der Waals surface area contributed by atoms with Crippen LogP contribution in [0, 0.1) is 26.7 Å². The highest BCUT2D eigenvalue weighted by atomic mass is 35.5. The first kappa shape index (κ1) is 28.4. The molecule has 2 aliphatic rings. The molecule has 10 heteroatoms. The minimum absolute atomic E-state index is 0.0908. The molecule has 2 aliphatic heterocycles. The maximum absolute atomic E-state index is 13.6. The van der Waals surface area contributed by atoms with Crippen LogP contribution in [0.15, 0.2) is 51.9 Å². The molecule has 40 heavy (non-hydrogen) atoms. The zero-order valence-electron chi connectivity index (χ0n) is 23.1. The van der Waals surface area contributed by atoms with Gasteiger partial charge in [0, 0.05) is 55.9 Å². The summed E-state index contributed by atoms with van der Waals surface area (Å²) in [5, 5.41) is 4.65. The lowest BCUT2D eigenvalue weighted by Crippen LogP contribution is -2.52. The van der Waals surface area contributed by atoms with Gasteiger partial charge >= 0.3 is 0 Å². The summed E-state index contributed by atoms with van der Waals surface area (Å²) in [5.41, 5.74) is 4.68. The van der Waals surface area contributed by atoms with Gasteiger partial charge in [0.25, 0.3) is 0 Å². The minimum atomic E-state index is -3.83. The van der Waals surface area contributed by atoms with Gasteiger partial charge in [0.2, 0.25) is 15.9 Å². The number of sulfonamides is 1. The van der Waals surface area contributed by atoms with Gasteiger partial charge < -0.3 is 14.3 Å². The molecule has 0 N–H and O–H groups in total. The van der Waals surface area contributed by atoms with Crippen molar-refractivity contribution < 1.29 is 17.7 Å².